The van der Waals surface area contributed by atoms with E-state index in [1.165, 1.54) is 0 Å². The van der Waals surface area contributed by atoms with E-state index < -0.39 is 0 Å². The number of fused-ring (bicyclic) bond motifs is 1. The third-order valence-corrected chi connectivity index (χ3v) is 2.12. The largest absolute Gasteiger partial charge is 0.384 e. The Labute approximate surface area is 78.0 Å². The van der Waals surface area contributed by atoms with Gasteiger partial charge in [-0.25, -0.2) is 9.97 Å². The van der Waals surface area contributed by atoms with Crippen molar-refractivity contribution in [3.8, 4) is 0 Å². The Balaban J connectivity index is 2.92. The van der Waals surface area contributed by atoms with Crippen LogP contribution in [0.1, 0.15) is 0 Å². The van der Waals surface area contributed by atoms with Gasteiger partial charge in [0.2, 0.25) is 0 Å². The van der Waals surface area contributed by atoms with Gasteiger partial charge in [0.05, 0.1) is 0 Å². The molecule has 13 heavy (non-hydrogen) atoms. The molecule has 2 aromatic heterocycles. The van der Waals surface area contributed by atoms with Crippen LogP contribution in [0.25, 0.3) is 5.78 Å². The Hall–Kier alpha value is -1.46. The van der Waals surface area contributed by atoms with Crippen LogP contribution in [0.2, 0.25) is 0 Å². The summed E-state index contributed by atoms with van der Waals surface area (Å²) in [5.41, 5.74) is 8.39. The third kappa shape index (κ3) is 1.09. The van der Waals surface area contributed by atoms with Crippen molar-refractivity contribution in [1.29, 1.82) is 0 Å². The second kappa shape index (κ2) is 2.51. The van der Waals surface area contributed by atoms with Crippen LogP contribution in [0.3, 0.4) is 0 Å². The molecule has 2 heterocycles. The molecule has 0 aromatic carbocycles. The van der Waals surface area contributed by atoms with Crippen molar-refractivity contribution in [2.24, 2.45) is 0 Å². The summed E-state index contributed by atoms with van der Waals surface area (Å²) in [6, 6.07) is 0. The lowest BCUT2D eigenvalue weighted by atomic mass is 9.86. The molecule has 0 aliphatic carbocycles. The highest BCUT2D eigenvalue weighted by Gasteiger charge is 2.08. The standard InChI is InChI=1S/C5H8B3N5/c6-1-2(7)10-5-11-4(8)12-13(5)3(1)9/h6-9H2. The van der Waals surface area contributed by atoms with E-state index >= 15 is 0 Å². The maximum absolute atomic E-state index is 5.85. The van der Waals surface area contributed by atoms with Crippen LogP contribution in [0.15, 0.2) is 0 Å². The second-order valence-corrected chi connectivity index (χ2v) is 3.08. The Kier molecular flexibility index (Phi) is 1.58. The molecular weight excluding hydrogens is 163 g/mol. The van der Waals surface area contributed by atoms with Crippen LogP contribution < -0.4 is 22.5 Å². The van der Waals surface area contributed by atoms with E-state index in [9.17, 15) is 0 Å². The molecule has 0 fully saturated rings. The fourth-order valence-electron chi connectivity index (χ4n) is 1.22. The molecule has 2 aromatic rings. The van der Waals surface area contributed by atoms with E-state index in [0.717, 1.165) is 11.1 Å². The van der Waals surface area contributed by atoms with Crippen molar-refractivity contribution >= 4 is 51.9 Å². The van der Waals surface area contributed by atoms with Gasteiger partial charge in [0.1, 0.15) is 19.4 Å². The highest BCUT2D eigenvalue weighted by molar-refractivity contribution is 6.49. The highest BCUT2D eigenvalue weighted by Crippen LogP contribution is 1.94. The molecular formula is C5H8B3N5. The number of rotatable bonds is 0. The van der Waals surface area contributed by atoms with Gasteiger partial charge in [-0.15, -0.1) is 0 Å². The van der Waals surface area contributed by atoms with Gasteiger partial charge >= 0.3 is 0 Å². The molecule has 0 radical (unpaired) electrons. The molecule has 8 heteroatoms. The number of nitrogen functional groups attached to an aromatic ring is 1. The molecule has 2 rings (SSSR count). The van der Waals surface area contributed by atoms with Gasteiger partial charge < -0.3 is 5.73 Å². The van der Waals surface area contributed by atoms with Crippen molar-refractivity contribution in [2.75, 3.05) is 5.73 Å². The summed E-state index contributed by atoms with van der Waals surface area (Å²) in [4.78, 5) is 8.40. The maximum Gasteiger partial charge on any atom is 0.252 e. The minimum Gasteiger partial charge on any atom is -0.384 e. The first kappa shape index (κ1) is 8.16. The van der Waals surface area contributed by atoms with Crippen LogP contribution >= 0.6 is 0 Å². The predicted octanol–water partition coefficient (Wildman–Crippen LogP) is -5.52. The molecule has 0 atom stereocenters. The van der Waals surface area contributed by atoms with Gasteiger partial charge in [0.25, 0.3) is 5.78 Å². The van der Waals surface area contributed by atoms with Crippen molar-refractivity contribution in [3.63, 3.8) is 0 Å². The topological polar surface area (TPSA) is 69.1 Å². The van der Waals surface area contributed by atoms with E-state index in [-0.39, 0.29) is 0 Å². The van der Waals surface area contributed by atoms with Gasteiger partial charge in [-0.2, -0.15) is 9.61 Å². The van der Waals surface area contributed by atoms with Crippen LogP contribution in [-0.4, -0.2) is 43.1 Å². The van der Waals surface area contributed by atoms with Crippen molar-refractivity contribution in [1.82, 2.24) is 19.6 Å². The van der Waals surface area contributed by atoms with E-state index in [0.29, 0.717) is 17.3 Å². The van der Waals surface area contributed by atoms with Crippen LogP contribution in [0.5, 0.6) is 0 Å². The number of aromatic nitrogens is 4. The summed E-state index contributed by atoms with van der Waals surface area (Å²) < 4.78 is 1.57. The first-order valence-electron chi connectivity index (χ1n) is 4.05. The molecule has 2 N–H and O–H groups in total. The molecule has 0 saturated heterocycles. The van der Waals surface area contributed by atoms with E-state index in [1.54, 1.807) is 4.52 Å². The highest BCUT2D eigenvalue weighted by atomic mass is 15.3. The molecule has 0 aliphatic rings. The zero-order chi connectivity index (χ0) is 9.59. The van der Waals surface area contributed by atoms with Gasteiger partial charge in [0.15, 0.2) is 15.7 Å². The minimum absolute atomic E-state index is 0.568. The van der Waals surface area contributed by atoms with Gasteiger partial charge in [0, 0.05) is 0 Å². The van der Waals surface area contributed by atoms with E-state index in [1.807, 2.05) is 23.5 Å². The maximum atomic E-state index is 5.85. The van der Waals surface area contributed by atoms with E-state index in [4.69, 9.17) is 5.73 Å². The quantitative estimate of drug-likeness (QED) is 0.401. The fourth-order valence-corrected chi connectivity index (χ4v) is 1.22. The molecule has 5 nitrogen and oxygen atoms in total. The summed E-state index contributed by atoms with van der Waals surface area (Å²) in [5, 5.41) is 4.13. The molecule has 0 aliphatic heterocycles. The van der Waals surface area contributed by atoms with Crippen LogP contribution in [-0.2, 0) is 0 Å². The first-order valence-corrected chi connectivity index (χ1v) is 4.05. The van der Waals surface area contributed by atoms with E-state index in [2.05, 4.69) is 15.1 Å². The predicted molar refractivity (Wildman–Crippen MR) is 59.7 cm³/mol. The monoisotopic (exact) mass is 171 g/mol. The number of nitrogens with two attached hydrogens (primary N) is 1. The second-order valence-electron chi connectivity index (χ2n) is 3.08. The summed E-state index contributed by atoms with van der Waals surface area (Å²) in [6.07, 6.45) is 0. The van der Waals surface area contributed by atoms with Gasteiger partial charge in [-0.1, -0.05) is 0 Å². The summed E-state index contributed by atoms with van der Waals surface area (Å²) in [5.74, 6) is 1.18. The lowest BCUT2D eigenvalue weighted by Gasteiger charge is -2.04. The van der Waals surface area contributed by atoms with Crippen molar-refractivity contribution in [2.45, 2.75) is 0 Å². The average molecular weight is 171 g/mol. The first-order chi connectivity index (χ1) is 6.09. The number of nitrogens with zero attached hydrogens (tertiary/aromatic N) is 4. The van der Waals surface area contributed by atoms with Gasteiger partial charge in [-0.3, -0.25) is 0 Å². The molecule has 62 valence electrons. The molecule has 0 amide bonds. The smallest absolute Gasteiger partial charge is 0.252 e. The zero-order valence-electron chi connectivity index (χ0n) is 7.87. The van der Waals surface area contributed by atoms with Crippen LogP contribution in [0.4, 0.5) is 5.82 Å². The number of hydrogen-bond donors (Lipinski definition) is 1. The SMILES string of the molecule is Bc1nc2nc(B)c(B)c(N)n2n1. The summed E-state index contributed by atoms with van der Waals surface area (Å²) in [6.45, 7) is 0. The van der Waals surface area contributed by atoms with Crippen LogP contribution in [0, 0.1) is 0 Å². The minimum atomic E-state index is 0.568. The Morgan fingerprint density at radius 2 is 1.85 bits per heavy atom. The molecule has 0 bridgehead atoms. The summed E-state index contributed by atoms with van der Waals surface area (Å²) in [7, 11) is 5.66. The Morgan fingerprint density at radius 3 is 2.54 bits per heavy atom. The average Bonchev–Trinajstić information content (AvgIpc) is 2.42. The Bertz CT molecular complexity index is 478. The molecule has 0 unspecified atom stereocenters. The number of anilines is 1. The van der Waals surface area contributed by atoms with Crippen molar-refractivity contribution < 1.29 is 0 Å². The fraction of sp³-hybridized carbons (Fsp3) is 0. The molecule has 0 spiro atoms. The zero-order valence-corrected chi connectivity index (χ0v) is 7.87. The summed E-state index contributed by atoms with van der Waals surface area (Å²) >= 11 is 0. The lowest BCUT2D eigenvalue weighted by molar-refractivity contribution is 0.975. The Morgan fingerprint density at radius 1 is 1.15 bits per heavy atom. The third-order valence-electron chi connectivity index (χ3n) is 2.12. The normalized spacial score (nSPS) is 10.8. The molecule has 0 saturated carbocycles. The van der Waals surface area contributed by atoms with Gasteiger partial charge in [-0.05, 0) is 11.1 Å². The van der Waals surface area contributed by atoms with Crippen molar-refractivity contribution in [3.05, 3.63) is 0 Å². The lowest BCUT2D eigenvalue weighted by Crippen LogP contribution is -2.34. The number of hydrogen-bond acceptors (Lipinski definition) is 4.